The lowest BCUT2D eigenvalue weighted by Gasteiger charge is -2.23. The highest BCUT2D eigenvalue weighted by Crippen LogP contribution is 2.23. The molecule has 1 aromatic carbocycles. The van der Waals surface area contributed by atoms with Crippen LogP contribution in [0.5, 0.6) is 0 Å². The maximum Gasteiger partial charge on any atom is 0.308 e. The van der Waals surface area contributed by atoms with Crippen molar-refractivity contribution in [2.45, 2.75) is 63.2 Å². The van der Waals surface area contributed by atoms with Gasteiger partial charge >= 0.3 is 5.97 Å². The summed E-state index contributed by atoms with van der Waals surface area (Å²) in [6.07, 6.45) is -0.0942. The number of halogens is 1. The highest BCUT2D eigenvalue weighted by Gasteiger charge is 2.40. The zero-order valence-electron chi connectivity index (χ0n) is 15.7. The fraction of sp³-hybridized carbons (Fsp3) is 0.579. The van der Waals surface area contributed by atoms with E-state index in [9.17, 15) is 9.59 Å². The van der Waals surface area contributed by atoms with Gasteiger partial charge < -0.3 is 10.1 Å². The summed E-state index contributed by atoms with van der Waals surface area (Å²) in [6, 6.07) is 8.77. The summed E-state index contributed by atoms with van der Waals surface area (Å²) < 4.78 is 5.25. The summed E-state index contributed by atoms with van der Waals surface area (Å²) in [4.78, 5) is 24.9. The number of carbonyl (C=O) groups is 2. The van der Waals surface area contributed by atoms with Crippen LogP contribution in [-0.4, -0.2) is 34.9 Å². The molecule has 1 aliphatic rings. The molecule has 4 atom stereocenters. The van der Waals surface area contributed by atoms with Crippen LogP contribution in [0.4, 0.5) is 0 Å². The predicted molar refractivity (Wildman–Crippen MR) is 105 cm³/mol. The lowest BCUT2D eigenvalue weighted by Crippen LogP contribution is -2.47. The number of hydrogen-bond donors (Lipinski definition) is 3. The second-order valence-electron chi connectivity index (χ2n) is 7.20. The third kappa shape index (κ3) is 5.53. The van der Waals surface area contributed by atoms with Crippen molar-refractivity contribution in [3.05, 3.63) is 35.9 Å². The Morgan fingerprint density at radius 1 is 1.15 bits per heavy atom. The van der Waals surface area contributed by atoms with Gasteiger partial charge in [0.25, 0.3) is 0 Å². The van der Waals surface area contributed by atoms with Gasteiger partial charge in [-0.05, 0) is 25.3 Å². The molecule has 0 radical (unpaired) electrons. The van der Waals surface area contributed by atoms with Crippen LogP contribution in [0.15, 0.2) is 30.3 Å². The van der Waals surface area contributed by atoms with E-state index < -0.39 is 12.1 Å². The monoisotopic (exact) mass is 425 g/mol. The molecule has 0 aliphatic carbocycles. The quantitative estimate of drug-likeness (QED) is 0.461. The average Bonchev–Trinajstić information content (AvgIpc) is 2.96. The highest BCUT2D eigenvalue weighted by molar-refractivity contribution is 9.09. The van der Waals surface area contributed by atoms with Crippen LogP contribution in [0.3, 0.4) is 0 Å². The van der Waals surface area contributed by atoms with E-state index in [1.54, 1.807) is 0 Å². The number of alkyl halides is 1. The van der Waals surface area contributed by atoms with Gasteiger partial charge in [0.05, 0.1) is 23.4 Å². The van der Waals surface area contributed by atoms with Gasteiger partial charge in [0, 0.05) is 6.04 Å². The molecule has 2 rings (SSSR count). The molecule has 144 valence electrons. The van der Waals surface area contributed by atoms with Gasteiger partial charge in [-0.3, -0.25) is 15.0 Å². The van der Waals surface area contributed by atoms with E-state index in [-0.39, 0.29) is 35.3 Å². The zero-order chi connectivity index (χ0) is 19.3. The Labute approximate surface area is 163 Å². The first kappa shape index (κ1) is 20.9. The number of amides is 1. The molecule has 0 aromatic heterocycles. The van der Waals surface area contributed by atoms with Crippen LogP contribution in [-0.2, 0) is 14.3 Å². The molecular formula is C19H28BrN3O3. The number of rotatable bonds is 7. The Bertz CT molecular complexity index is 609. The van der Waals surface area contributed by atoms with Gasteiger partial charge in [0.2, 0.25) is 5.91 Å². The summed E-state index contributed by atoms with van der Waals surface area (Å²) in [7, 11) is 0. The molecule has 1 amide bonds. The topological polar surface area (TPSA) is 79.5 Å². The third-order valence-corrected chi connectivity index (χ3v) is 5.42. The molecule has 6 nitrogen and oxygen atoms in total. The maximum atomic E-state index is 12.8. The van der Waals surface area contributed by atoms with Crippen LogP contribution >= 0.6 is 15.9 Å². The van der Waals surface area contributed by atoms with Crippen molar-refractivity contribution in [1.82, 2.24) is 16.2 Å². The zero-order valence-corrected chi connectivity index (χ0v) is 17.2. The molecule has 1 saturated heterocycles. The van der Waals surface area contributed by atoms with Gasteiger partial charge in [-0.1, -0.05) is 60.1 Å². The number of benzene rings is 1. The van der Waals surface area contributed by atoms with E-state index in [4.69, 9.17) is 4.74 Å². The first-order chi connectivity index (χ1) is 12.3. The summed E-state index contributed by atoms with van der Waals surface area (Å²) >= 11 is 3.62. The van der Waals surface area contributed by atoms with Crippen molar-refractivity contribution >= 4 is 27.8 Å². The van der Waals surface area contributed by atoms with Crippen molar-refractivity contribution in [2.75, 3.05) is 0 Å². The lowest BCUT2D eigenvalue weighted by molar-refractivity contribution is -0.148. The molecule has 4 unspecified atom stereocenters. The predicted octanol–water partition coefficient (Wildman–Crippen LogP) is 2.45. The number of esters is 1. The van der Waals surface area contributed by atoms with Crippen LogP contribution in [0.25, 0.3) is 0 Å². The molecule has 1 heterocycles. The molecule has 0 bridgehead atoms. The minimum Gasteiger partial charge on any atom is -0.463 e. The van der Waals surface area contributed by atoms with E-state index in [0.29, 0.717) is 5.92 Å². The number of hydrogen-bond acceptors (Lipinski definition) is 5. The van der Waals surface area contributed by atoms with Crippen molar-refractivity contribution in [1.29, 1.82) is 0 Å². The van der Waals surface area contributed by atoms with E-state index in [2.05, 4.69) is 45.9 Å². The number of nitrogens with one attached hydrogen (secondary N) is 3. The molecule has 7 heteroatoms. The van der Waals surface area contributed by atoms with Crippen molar-refractivity contribution < 1.29 is 14.3 Å². The van der Waals surface area contributed by atoms with Gasteiger partial charge in [-0.2, -0.15) is 0 Å². The number of carbonyl (C=O) groups excluding carboxylic acids is 2. The largest absolute Gasteiger partial charge is 0.463 e. The van der Waals surface area contributed by atoms with Gasteiger partial charge in [-0.15, -0.1) is 0 Å². The fourth-order valence-corrected chi connectivity index (χ4v) is 4.09. The second kappa shape index (κ2) is 9.48. The highest BCUT2D eigenvalue weighted by atomic mass is 79.9. The molecule has 1 fully saturated rings. The van der Waals surface area contributed by atoms with E-state index in [0.717, 1.165) is 5.56 Å². The number of hydrazine groups is 1. The average molecular weight is 426 g/mol. The van der Waals surface area contributed by atoms with Gasteiger partial charge in [-0.25, -0.2) is 5.43 Å². The Kier molecular flexibility index (Phi) is 7.61. The first-order valence-corrected chi connectivity index (χ1v) is 9.91. The number of ether oxygens (including phenoxy) is 1. The van der Waals surface area contributed by atoms with Crippen LogP contribution in [0, 0.1) is 5.92 Å². The van der Waals surface area contributed by atoms with Crippen molar-refractivity contribution in [3.63, 3.8) is 0 Å². The summed E-state index contributed by atoms with van der Waals surface area (Å²) in [5.41, 5.74) is 7.10. The van der Waals surface area contributed by atoms with Gasteiger partial charge in [0.1, 0.15) is 6.04 Å². The Morgan fingerprint density at radius 3 is 2.35 bits per heavy atom. The standard InChI is InChI=1S/C19H28BrN3O3/c1-11(2)17-16(20)18(23-22-17)19(25)21-14(10-15(24)26-12(3)4)13-8-6-5-7-9-13/h5-9,11-12,14,16-18,22-23H,10H2,1-4H3,(H,21,25). The Balaban J connectivity index is 2.09. The smallest absolute Gasteiger partial charge is 0.308 e. The van der Waals surface area contributed by atoms with Crippen molar-refractivity contribution in [2.24, 2.45) is 5.92 Å². The molecular weight excluding hydrogens is 398 g/mol. The SMILES string of the molecule is CC(C)OC(=O)CC(NC(=O)C1NNC(C(C)C)C1Br)c1ccccc1. The molecule has 1 aromatic rings. The molecule has 1 aliphatic heterocycles. The second-order valence-corrected chi connectivity index (χ2v) is 8.25. The third-order valence-electron chi connectivity index (χ3n) is 4.32. The normalized spacial score (nSPS) is 23.9. The molecule has 3 N–H and O–H groups in total. The minimum absolute atomic E-state index is 0.0402. The Hall–Kier alpha value is -1.44. The Morgan fingerprint density at radius 2 is 1.81 bits per heavy atom. The van der Waals surface area contributed by atoms with Crippen LogP contribution in [0.2, 0.25) is 0 Å². The van der Waals surface area contributed by atoms with E-state index >= 15 is 0 Å². The fourth-order valence-electron chi connectivity index (χ4n) is 2.97. The molecule has 0 spiro atoms. The maximum absolute atomic E-state index is 12.8. The van der Waals surface area contributed by atoms with Crippen LogP contribution < -0.4 is 16.2 Å². The van der Waals surface area contributed by atoms with Gasteiger partial charge in [0.15, 0.2) is 0 Å². The molecule has 0 saturated carbocycles. The first-order valence-electron chi connectivity index (χ1n) is 8.99. The lowest BCUT2D eigenvalue weighted by atomic mass is 9.98. The van der Waals surface area contributed by atoms with E-state index in [1.165, 1.54) is 0 Å². The van der Waals surface area contributed by atoms with Crippen LogP contribution in [0.1, 0.15) is 45.7 Å². The van der Waals surface area contributed by atoms with E-state index in [1.807, 2.05) is 44.2 Å². The minimum atomic E-state index is -0.436. The summed E-state index contributed by atoms with van der Waals surface area (Å²) in [5.74, 6) is -0.119. The summed E-state index contributed by atoms with van der Waals surface area (Å²) in [6.45, 7) is 7.82. The molecule has 26 heavy (non-hydrogen) atoms. The summed E-state index contributed by atoms with van der Waals surface area (Å²) in [5, 5.41) is 3.00. The van der Waals surface area contributed by atoms with Crippen molar-refractivity contribution in [3.8, 4) is 0 Å².